The Labute approximate surface area is 177 Å². The molecule has 0 bridgehead atoms. The topological polar surface area (TPSA) is 79.1 Å². The highest BCUT2D eigenvalue weighted by Crippen LogP contribution is 2.22. The highest BCUT2D eigenvalue weighted by Gasteiger charge is 2.23. The summed E-state index contributed by atoms with van der Waals surface area (Å²) in [6.45, 7) is 6.83. The van der Waals surface area contributed by atoms with Crippen LogP contribution in [0.15, 0.2) is 53.7 Å². The number of guanidine groups is 1. The second-order valence-electron chi connectivity index (χ2n) is 7.43. The molecule has 0 amide bonds. The van der Waals surface area contributed by atoms with Gasteiger partial charge < -0.3 is 15.4 Å². The molecule has 158 valence electrons. The standard InChI is InChI=1S/C22H29N7O/c1-17-6-5-7-18(14-17)19(28-10-12-30-13-11-28)15-24-22(23-2)25-16-21-27-26-20-8-3-4-9-29(20)21/h3-9,14,19H,10-13,15-16H2,1-2H3,(H2,23,24,25). The van der Waals surface area contributed by atoms with Gasteiger partial charge in [-0.05, 0) is 24.6 Å². The van der Waals surface area contributed by atoms with Gasteiger partial charge in [0.2, 0.25) is 0 Å². The van der Waals surface area contributed by atoms with Crippen molar-refractivity contribution in [3.8, 4) is 0 Å². The minimum atomic E-state index is 0.251. The summed E-state index contributed by atoms with van der Waals surface area (Å²) in [7, 11) is 1.79. The van der Waals surface area contributed by atoms with Crippen LogP contribution in [0.2, 0.25) is 0 Å². The number of hydrogen-bond acceptors (Lipinski definition) is 5. The number of morpholine rings is 1. The smallest absolute Gasteiger partial charge is 0.191 e. The Morgan fingerprint density at radius 1 is 1.13 bits per heavy atom. The van der Waals surface area contributed by atoms with E-state index in [1.807, 2.05) is 28.8 Å². The predicted octanol–water partition coefficient (Wildman–Crippen LogP) is 1.78. The Kier molecular flexibility index (Phi) is 6.56. The van der Waals surface area contributed by atoms with E-state index in [9.17, 15) is 0 Å². The van der Waals surface area contributed by atoms with Crippen LogP contribution in [0.3, 0.4) is 0 Å². The van der Waals surface area contributed by atoms with Crippen LogP contribution in [-0.2, 0) is 11.3 Å². The van der Waals surface area contributed by atoms with Crippen LogP contribution in [0.4, 0.5) is 0 Å². The lowest BCUT2D eigenvalue weighted by atomic mass is 10.0. The van der Waals surface area contributed by atoms with Gasteiger partial charge in [-0.1, -0.05) is 35.9 Å². The third kappa shape index (κ3) is 4.77. The lowest BCUT2D eigenvalue weighted by Crippen LogP contribution is -2.46. The number of nitrogens with one attached hydrogen (secondary N) is 2. The number of hydrogen-bond donors (Lipinski definition) is 2. The number of fused-ring (bicyclic) bond motifs is 1. The zero-order chi connectivity index (χ0) is 20.8. The summed E-state index contributed by atoms with van der Waals surface area (Å²) >= 11 is 0. The summed E-state index contributed by atoms with van der Waals surface area (Å²) < 4.78 is 7.53. The molecule has 2 aromatic heterocycles. The molecule has 1 unspecified atom stereocenters. The molecule has 3 aromatic rings. The first-order valence-electron chi connectivity index (χ1n) is 10.4. The first kappa shape index (κ1) is 20.3. The average Bonchev–Trinajstić information content (AvgIpc) is 3.20. The van der Waals surface area contributed by atoms with Crippen molar-refractivity contribution < 1.29 is 4.74 Å². The summed E-state index contributed by atoms with van der Waals surface area (Å²) in [6, 6.07) is 14.9. The first-order valence-corrected chi connectivity index (χ1v) is 10.4. The summed E-state index contributed by atoms with van der Waals surface area (Å²) in [4.78, 5) is 6.87. The van der Waals surface area contributed by atoms with Crippen LogP contribution in [-0.4, -0.2) is 65.4 Å². The molecule has 1 fully saturated rings. The lowest BCUT2D eigenvalue weighted by molar-refractivity contribution is 0.0170. The number of rotatable bonds is 6. The van der Waals surface area contributed by atoms with Gasteiger partial charge >= 0.3 is 0 Å². The largest absolute Gasteiger partial charge is 0.379 e. The Morgan fingerprint density at radius 2 is 2.00 bits per heavy atom. The quantitative estimate of drug-likeness (QED) is 0.479. The fraction of sp³-hybridized carbons (Fsp3) is 0.409. The summed E-state index contributed by atoms with van der Waals surface area (Å²) in [5.74, 6) is 1.59. The molecule has 30 heavy (non-hydrogen) atoms. The van der Waals surface area contributed by atoms with Gasteiger partial charge in [0.15, 0.2) is 17.4 Å². The molecular formula is C22H29N7O. The van der Waals surface area contributed by atoms with Crippen molar-refractivity contribution in [1.29, 1.82) is 0 Å². The van der Waals surface area contributed by atoms with Gasteiger partial charge in [0.05, 0.1) is 25.8 Å². The van der Waals surface area contributed by atoms with Crippen LogP contribution in [0.25, 0.3) is 5.65 Å². The van der Waals surface area contributed by atoms with Crippen molar-refractivity contribution in [3.05, 3.63) is 65.6 Å². The second-order valence-corrected chi connectivity index (χ2v) is 7.43. The van der Waals surface area contributed by atoms with Gasteiger partial charge in [-0.3, -0.25) is 14.3 Å². The molecule has 0 aliphatic carbocycles. The number of ether oxygens (including phenoxy) is 1. The van der Waals surface area contributed by atoms with Crippen molar-refractivity contribution in [3.63, 3.8) is 0 Å². The summed E-state index contributed by atoms with van der Waals surface area (Å²) in [6.07, 6.45) is 1.97. The molecule has 8 nitrogen and oxygen atoms in total. The maximum absolute atomic E-state index is 5.56. The summed E-state index contributed by atoms with van der Waals surface area (Å²) in [5.41, 5.74) is 3.42. The number of aryl methyl sites for hydroxylation is 1. The maximum atomic E-state index is 5.56. The average molecular weight is 408 g/mol. The fourth-order valence-electron chi connectivity index (χ4n) is 3.81. The Balaban J connectivity index is 1.42. The molecule has 1 aromatic carbocycles. The number of benzene rings is 1. The lowest BCUT2D eigenvalue weighted by Gasteiger charge is -2.35. The number of aromatic nitrogens is 3. The van der Waals surface area contributed by atoms with E-state index in [1.54, 1.807) is 7.05 Å². The minimum Gasteiger partial charge on any atom is -0.379 e. The van der Waals surface area contributed by atoms with Gasteiger partial charge in [0, 0.05) is 32.9 Å². The molecule has 0 spiro atoms. The molecule has 1 aliphatic rings. The van der Waals surface area contributed by atoms with Crippen molar-refractivity contribution in [2.24, 2.45) is 4.99 Å². The van der Waals surface area contributed by atoms with Crippen LogP contribution < -0.4 is 10.6 Å². The van der Waals surface area contributed by atoms with E-state index >= 15 is 0 Å². The van der Waals surface area contributed by atoms with E-state index in [0.717, 1.165) is 50.3 Å². The monoisotopic (exact) mass is 407 g/mol. The first-order chi connectivity index (χ1) is 14.7. The van der Waals surface area contributed by atoms with Gasteiger partial charge in [0.1, 0.15) is 0 Å². The number of aliphatic imine (C=N–C) groups is 1. The molecule has 2 N–H and O–H groups in total. The Bertz CT molecular complexity index is 994. The molecule has 1 aliphatic heterocycles. The maximum Gasteiger partial charge on any atom is 0.191 e. The highest BCUT2D eigenvalue weighted by atomic mass is 16.5. The zero-order valence-electron chi connectivity index (χ0n) is 17.6. The molecule has 3 heterocycles. The normalized spacial score (nSPS) is 16.5. The third-order valence-corrected chi connectivity index (χ3v) is 5.40. The van der Waals surface area contributed by atoms with Gasteiger partial charge in [0.25, 0.3) is 0 Å². The molecule has 4 rings (SSSR count). The number of pyridine rings is 1. The van der Waals surface area contributed by atoms with E-state index in [4.69, 9.17) is 4.74 Å². The van der Waals surface area contributed by atoms with Crippen LogP contribution in [0.5, 0.6) is 0 Å². The SMILES string of the molecule is CN=C(NCc1nnc2ccccn12)NCC(c1cccc(C)c1)N1CCOCC1. The van der Waals surface area contributed by atoms with Gasteiger partial charge in [-0.15, -0.1) is 10.2 Å². The Morgan fingerprint density at radius 3 is 2.80 bits per heavy atom. The van der Waals surface area contributed by atoms with E-state index in [-0.39, 0.29) is 6.04 Å². The molecule has 1 saturated heterocycles. The van der Waals surface area contributed by atoms with Gasteiger partial charge in [-0.25, -0.2) is 0 Å². The Hall–Kier alpha value is -2.97. The van der Waals surface area contributed by atoms with E-state index in [0.29, 0.717) is 6.54 Å². The molecule has 0 radical (unpaired) electrons. The van der Waals surface area contributed by atoms with Crippen LogP contribution in [0.1, 0.15) is 23.0 Å². The molecular weight excluding hydrogens is 378 g/mol. The molecule has 8 heteroatoms. The van der Waals surface area contributed by atoms with Gasteiger partial charge in [-0.2, -0.15) is 0 Å². The van der Waals surface area contributed by atoms with Crippen LogP contribution >= 0.6 is 0 Å². The predicted molar refractivity (Wildman–Crippen MR) is 118 cm³/mol. The summed E-state index contributed by atoms with van der Waals surface area (Å²) in [5, 5.41) is 15.3. The number of nitrogens with zero attached hydrogens (tertiary/aromatic N) is 5. The van der Waals surface area contributed by atoms with Crippen molar-refractivity contribution in [2.45, 2.75) is 19.5 Å². The third-order valence-electron chi connectivity index (χ3n) is 5.40. The van der Waals surface area contributed by atoms with E-state index in [1.165, 1.54) is 11.1 Å². The van der Waals surface area contributed by atoms with Crippen molar-refractivity contribution in [1.82, 2.24) is 30.1 Å². The van der Waals surface area contributed by atoms with Crippen molar-refractivity contribution >= 4 is 11.6 Å². The molecule has 0 saturated carbocycles. The van der Waals surface area contributed by atoms with Crippen LogP contribution in [0, 0.1) is 6.92 Å². The molecule has 1 atom stereocenters. The zero-order valence-corrected chi connectivity index (χ0v) is 17.6. The van der Waals surface area contributed by atoms with E-state index < -0.39 is 0 Å². The minimum absolute atomic E-state index is 0.251. The second kappa shape index (κ2) is 9.69. The fourth-order valence-corrected chi connectivity index (χ4v) is 3.81. The highest BCUT2D eigenvalue weighted by molar-refractivity contribution is 5.79. The van der Waals surface area contributed by atoms with Crippen molar-refractivity contribution in [2.75, 3.05) is 39.9 Å². The van der Waals surface area contributed by atoms with E-state index in [2.05, 4.69) is 61.9 Å².